The van der Waals surface area contributed by atoms with Crippen molar-refractivity contribution in [2.24, 2.45) is 0 Å². The number of nitrogen functional groups attached to an aromatic ring is 1. The summed E-state index contributed by atoms with van der Waals surface area (Å²) in [5, 5.41) is 0. The molecule has 0 aliphatic heterocycles. The van der Waals surface area contributed by atoms with Gasteiger partial charge < -0.3 is 10.5 Å². The van der Waals surface area contributed by atoms with E-state index in [0.29, 0.717) is 16.8 Å². The molecule has 2 aromatic carbocycles. The smallest absolute Gasteiger partial charge is 0.338 e. The average Bonchev–Trinajstić information content (AvgIpc) is 2.35. The molecule has 0 saturated heterocycles. The minimum absolute atomic E-state index is 0.0322. The number of halogens is 1. The highest BCUT2D eigenvalue weighted by molar-refractivity contribution is 5.90. The summed E-state index contributed by atoms with van der Waals surface area (Å²) in [5.74, 6) is -0.826. The Kier molecular flexibility index (Phi) is 3.80. The van der Waals surface area contributed by atoms with E-state index in [9.17, 15) is 9.18 Å². The van der Waals surface area contributed by atoms with Crippen LogP contribution in [0, 0.1) is 12.7 Å². The lowest BCUT2D eigenvalue weighted by molar-refractivity contribution is 0.0472. The van der Waals surface area contributed by atoms with Crippen molar-refractivity contribution < 1.29 is 13.9 Å². The monoisotopic (exact) mass is 259 g/mol. The fourth-order valence-corrected chi connectivity index (χ4v) is 1.79. The third kappa shape index (κ3) is 3.55. The first-order valence-electron chi connectivity index (χ1n) is 5.83. The molecule has 0 fully saturated rings. The van der Waals surface area contributed by atoms with E-state index in [1.54, 1.807) is 30.3 Å². The third-order valence-corrected chi connectivity index (χ3v) is 2.59. The number of esters is 1. The standard InChI is InChI=1S/C15H14FNO2/c1-10-5-12(8-14(17)6-10)15(18)19-9-11-3-2-4-13(16)7-11/h2-8H,9,17H2,1H3. The predicted molar refractivity (Wildman–Crippen MR) is 71.1 cm³/mol. The molecule has 0 heterocycles. The van der Waals surface area contributed by atoms with Gasteiger partial charge in [0.05, 0.1) is 5.56 Å². The van der Waals surface area contributed by atoms with Gasteiger partial charge in [-0.15, -0.1) is 0 Å². The summed E-state index contributed by atoms with van der Waals surface area (Å²) >= 11 is 0. The van der Waals surface area contributed by atoms with Gasteiger partial charge in [0, 0.05) is 5.69 Å². The summed E-state index contributed by atoms with van der Waals surface area (Å²) in [6, 6.07) is 11.0. The topological polar surface area (TPSA) is 52.3 Å². The van der Waals surface area contributed by atoms with Gasteiger partial charge in [-0.05, 0) is 48.4 Å². The van der Waals surface area contributed by atoms with Gasteiger partial charge in [-0.3, -0.25) is 0 Å². The van der Waals surface area contributed by atoms with Gasteiger partial charge in [-0.25, -0.2) is 9.18 Å². The first-order valence-corrected chi connectivity index (χ1v) is 5.83. The Morgan fingerprint density at radius 2 is 2.05 bits per heavy atom. The Bertz CT molecular complexity index is 591. The van der Waals surface area contributed by atoms with Gasteiger partial charge in [0.1, 0.15) is 12.4 Å². The molecule has 0 radical (unpaired) electrons. The van der Waals surface area contributed by atoms with Crippen LogP contribution in [0.2, 0.25) is 0 Å². The van der Waals surface area contributed by atoms with Crippen molar-refractivity contribution >= 4 is 11.7 Å². The van der Waals surface area contributed by atoms with Crippen molar-refractivity contribution in [3.8, 4) is 0 Å². The first-order chi connectivity index (χ1) is 9.04. The first kappa shape index (κ1) is 13.1. The second-order valence-corrected chi connectivity index (χ2v) is 4.34. The molecule has 0 unspecified atom stereocenters. The minimum Gasteiger partial charge on any atom is -0.457 e. The number of benzene rings is 2. The van der Waals surface area contributed by atoms with Crippen LogP contribution in [0.15, 0.2) is 42.5 Å². The highest BCUT2D eigenvalue weighted by atomic mass is 19.1. The maximum Gasteiger partial charge on any atom is 0.338 e. The lowest BCUT2D eigenvalue weighted by Crippen LogP contribution is -2.06. The molecule has 2 N–H and O–H groups in total. The highest BCUT2D eigenvalue weighted by Crippen LogP contribution is 2.13. The van der Waals surface area contributed by atoms with E-state index in [0.717, 1.165) is 5.56 Å². The molecule has 4 heteroatoms. The zero-order chi connectivity index (χ0) is 13.8. The van der Waals surface area contributed by atoms with Gasteiger partial charge >= 0.3 is 5.97 Å². The van der Waals surface area contributed by atoms with Crippen molar-refractivity contribution in [2.45, 2.75) is 13.5 Å². The van der Waals surface area contributed by atoms with Crippen LogP contribution in [0.1, 0.15) is 21.5 Å². The molecule has 0 spiro atoms. The average molecular weight is 259 g/mol. The zero-order valence-corrected chi connectivity index (χ0v) is 10.5. The number of anilines is 1. The molecular formula is C15H14FNO2. The molecule has 0 atom stereocenters. The molecule has 98 valence electrons. The van der Waals surface area contributed by atoms with Crippen LogP contribution in [0.4, 0.5) is 10.1 Å². The van der Waals surface area contributed by atoms with Crippen LogP contribution in [-0.4, -0.2) is 5.97 Å². The van der Waals surface area contributed by atoms with Gasteiger partial charge in [-0.1, -0.05) is 12.1 Å². The number of ether oxygens (including phenoxy) is 1. The van der Waals surface area contributed by atoms with E-state index in [4.69, 9.17) is 10.5 Å². The Hall–Kier alpha value is -2.36. The van der Waals surface area contributed by atoms with Crippen LogP contribution >= 0.6 is 0 Å². The summed E-state index contributed by atoms with van der Waals surface area (Å²) < 4.78 is 18.1. The lowest BCUT2D eigenvalue weighted by Gasteiger charge is -2.06. The molecule has 3 nitrogen and oxygen atoms in total. The van der Waals surface area contributed by atoms with E-state index in [1.807, 2.05) is 6.92 Å². The van der Waals surface area contributed by atoms with E-state index in [1.165, 1.54) is 12.1 Å². The number of carbonyl (C=O) groups excluding carboxylic acids is 1. The van der Waals surface area contributed by atoms with Crippen molar-refractivity contribution in [3.63, 3.8) is 0 Å². The van der Waals surface area contributed by atoms with Gasteiger partial charge in [0.15, 0.2) is 0 Å². The normalized spacial score (nSPS) is 10.2. The molecule has 0 aliphatic rings. The SMILES string of the molecule is Cc1cc(N)cc(C(=O)OCc2cccc(F)c2)c1. The van der Waals surface area contributed by atoms with E-state index < -0.39 is 5.97 Å². The van der Waals surface area contributed by atoms with Crippen molar-refractivity contribution in [3.05, 3.63) is 65.0 Å². The van der Waals surface area contributed by atoms with Crippen LogP contribution in [0.5, 0.6) is 0 Å². The summed E-state index contributed by atoms with van der Waals surface area (Å²) in [7, 11) is 0. The van der Waals surface area contributed by atoms with Gasteiger partial charge in [0.25, 0.3) is 0 Å². The highest BCUT2D eigenvalue weighted by Gasteiger charge is 2.09. The van der Waals surface area contributed by atoms with Crippen LogP contribution in [-0.2, 0) is 11.3 Å². The number of hydrogen-bond acceptors (Lipinski definition) is 3. The largest absolute Gasteiger partial charge is 0.457 e. The zero-order valence-electron chi connectivity index (χ0n) is 10.5. The lowest BCUT2D eigenvalue weighted by atomic mass is 10.1. The van der Waals surface area contributed by atoms with Crippen molar-refractivity contribution in [2.75, 3.05) is 5.73 Å². The Balaban J connectivity index is 2.05. The predicted octanol–water partition coefficient (Wildman–Crippen LogP) is 3.07. The van der Waals surface area contributed by atoms with Crippen molar-refractivity contribution in [1.82, 2.24) is 0 Å². The number of rotatable bonds is 3. The number of aryl methyl sites for hydroxylation is 1. The van der Waals surface area contributed by atoms with E-state index in [-0.39, 0.29) is 12.4 Å². The molecule has 0 bridgehead atoms. The summed E-state index contributed by atoms with van der Waals surface area (Å²) in [4.78, 5) is 11.8. The van der Waals surface area contributed by atoms with Crippen LogP contribution < -0.4 is 5.73 Å². The second-order valence-electron chi connectivity index (χ2n) is 4.34. The molecule has 0 aliphatic carbocycles. The van der Waals surface area contributed by atoms with Gasteiger partial charge in [-0.2, -0.15) is 0 Å². The molecular weight excluding hydrogens is 245 g/mol. The second kappa shape index (κ2) is 5.52. The Morgan fingerprint density at radius 3 is 2.74 bits per heavy atom. The molecule has 0 saturated carbocycles. The number of nitrogens with two attached hydrogens (primary N) is 1. The molecule has 2 aromatic rings. The quantitative estimate of drug-likeness (QED) is 0.680. The number of hydrogen-bond donors (Lipinski definition) is 1. The number of carbonyl (C=O) groups is 1. The minimum atomic E-state index is -0.473. The fraction of sp³-hybridized carbons (Fsp3) is 0.133. The van der Waals surface area contributed by atoms with Crippen LogP contribution in [0.3, 0.4) is 0 Å². The maximum absolute atomic E-state index is 13.0. The fourth-order valence-electron chi connectivity index (χ4n) is 1.79. The Morgan fingerprint density at radius 1 is 1.26 bits per heavy atom. The van der Waals surface area contributed by atoms with E-state index >= 15 is 0 Å². The maximum atomic E-state index is 13.0. The van der Waals surface area contributed by atoms with E-state index in [2.05, 4.69) is 0 Å². The molecule has 0 amide bonds. The molecule has 2 rings (SSSR count). The summed E-state index contributed by atoms with van der Waals surface area (Å²) in [5.41, 5.74) is 8.07. The molecule has 0 aromatic heterocycles. The third-order valence-electron chi connectivity index (χ3n) is 2.59. The molecule has 19 heavy (non-hydrogen) atoms. The van der Waals surface area contributed by atoms with Gasteiger partial charge in [0.2, 0.25) is 0 Å². The van der Waals surface area contributed by atoms with Crippen molar-refractivity contribution in [1.29, 1.82) is 0 Å². The van der Waals surface area contributed by atoms with Crippen LogP contribution in [0.25, 0.3) is 0 Å². The Labute approximate surface area is 110 Å². The summed E-state index contributed by atoms with van der Waals surface area (Å²) in [6.45, 7) is 1.88. The summed E-state index contributed by atoms with van der Waals surface area (Å²) in [6.07, 6.45) is 0.